The van der Waals surface area contributed by atoms with Gasteiger partial charge in [-0.05, 0) is 73.2 Å². The highest BCUT2D eigenvalue weighted by Crippen LogP contribution is 2.33. The standard InChI is InChI=1S/C25H27FN4/c26-22-6-7-25-23(14-22)24(16-27-25)21-9-12-29(13-10-21)11-8-20-15-28-30(18-20)17-19-4-2-1-3-5-19/h1-7,14-16,18,21,27H,8-13,17H2. The lowest BCUT2D eigenvalue weighted by molar-refractivity contribution is 0.215. The Hall–Kier alpha value is -2.92. The van der Waals surface area contributed by atoms with Gasteiger partial charge in [0.25, 0.3) is 0 Å². The molecule has 0 unspecified atom stereocenters. The van der Waals surface area contributed by atoms with Gasteiger partial charge in [0.15, 0.2) is 0 Å². The van der Waals surface area contributed by atoms with Crippen LogP contribution in [0.25, 0.3) is 10.9 Å². The zero-order valence-electron chi connectivity index (χ0n) is 17.1. The number of nitrogens with one attached hydrogen (secondary N) is 1. The van der Waals surface area contributed by atoms with Gasteiger partial charge in [-0.25, -0.2) is 4.39 Å². The molecule has 154 valence electrons. The highest BCUT2D eigenvalue weighted by atomic mass is 19.1. The SMILES string of the molecule is Fc1ccc2[nH]cc(C3CCN(CCc4cnn(Cc5ccccc5)c4)CC3)c2c1. The number of aromatic amines is 1. The van der Waals surface area contributed by atoms with Crippen LogP contribution in [0.4, 0.5) is 4.39 Å². The van der Waals surface area contributed by atoms with E-state index in [1.165, 1.54) is 22.8 Å². The molecule has 1 saturated heterocycles. The second-order valence-corrected chi connectivity index (χ2v) is 8.33. The van der Waals surface area contributed by atoms with Crippen LogP contribution in [0, 0.1) is 5.82 Å². The summed E-state index contributed by atoms with van der Waals surface area (Å²) >= 11 is 0. The average molecular weight is 403 g/mol. The monoisotopic (exact) mass is 402 g/mol. The Morgan fingerprint density at radius 2 is 1.87 bits per heavy atom. The van der Waals surface area contributed by atoms with E-state index in [1.807, 2.05) is 23.0 Å². The van der Waals surface area contributed by atoms with E-state index in [1.54, 1.807) is 6.07 Å². The van der Waals surface area contributed by atoms with E-state index < -0.39 is 0 Å². The molecule has 0 spiro atoms. The predicted molar refractivity (Wildman–Crippen MR) is 118 cm³/mol. The summed E-state index contributed by atoms with van der Waals surface area (Å²) in [6, 6.07) is 15.5. The lowest BCUT2D eigenvalue weighted by atomic mass is 9.89. The van der Waals surface area contributed by atoms with Crippen molar-refractivity contribution in [1.82, 2.24) is 19.7 Å². The van der Waals surface area contributed by atoms with Crippen LogP contribution < -0.4 is 0 Å². The minimum atomic E-state index is -0.159. The number of piperidine rings is 1. The van der Waals surface area contributed by atoms with Crippen molar-refractivity contribution in [2.75, 3.05) is 19.6 Å². The first kappa shape index (κ1) is 19.1. The molecular weight excluding hydrogens is 375 g/mol. The summed E-state index contributed by atoms with van der Waals surface area (Å²) in [5.41, 5.74) is 4.86. The van der Waals surface area contributed by atoms with Crippen LogP contribution >= 0.6 is 0 Å². The highest BCUT2D eigenvalue weighted by molar-refractivity contribution is 5.83. The first-order chi connectivity index (χ1) is 14.7. The minimum Gasteiger partial charge on any atom is -0.361 e. The Labute approximate surface area is 176 Å². The largest absolute Gasteiger partial charge is 0.361 e. The fourth-order valence-corrected chi connectivity index (χ4v) is 4.60. The summed E-state index contributed by atoms with van der Waals surface area (Å²) in [6.07, 6.45) is 9.51. The van der Waals surface area contributed by atoms with Crippen LogP contribution in [-0.2, 0) is 13.0 Å². The molecule has 0 atom stereocenters. The maximum absolute atomic E-state index is 13.7. The Morgan fingerprint density at radius 1 is 1.03 bits per heavy atom. The second kappa shape index (κ2) is 8.44. The van der Waals surface area contributed by atoms with Crippen molar-refractivity contribution >= 4 is 10.9 Å². The number of fused-ring (bicyclic) bond motifs is 1. The fourth-order valence-electron chi connectivity index (χ4n) is 4.60. The van der Waals surface area contributed by atoms with Crippen molar-refractivity contribution in [3.8, 4) is 0 Å². The minimum absolute atomic E-state index is 0.159. The number of likely N-dealkylation sites (tertiary alicyclic amines) is 1. The summed E-state index contributed by atoms with van der Waals surface area (Å²) in [5, 5.41) is 5.56. The van der Waals surface area contributed by atoms with Crippen LogP contribution in [0.3, 0.4) is 0 Å². The van der Waals surface area contributed by atoms with Gasteiger partial charge in [-0.2, -0.15) is 5.10 Å². The molecule has 1 fully saturated rings. The summed E-state index contributed by atoms with van der Waals surface area (Å²) in [7, 11) is 0. The Balaban J connectivity index is 1.14. The number of rotatable bonds is 6. The third-order valence-electron chi connectivity index (χ3n) is 6.29. The molecule has 5 heteroatoms. The molecule has 4 nitrogen and oxygen atoms in total. The number of aromatic nitrogens is 3. The van der Waals surface area contributed by atoms with Crippen molar-refractivity contribution in [3.05, 3.63) is 89.6 Å². The molecule has 2 aromatic carbocycles. The van der Waals surface area contributed by atoms with Crippen molar-refractivity contribution in [1.29, 1.82) is 0 Å². The second-order valence-electron chi connectivity index (χ2n) is 8.33. The molecule has 1 aliphatic rings. The molecule has 3 heterocycles. The molecule has 30 heavy (non-hydrogen) atoms. The van der Waals surface area contributed by atoms with E-state index in [2.05, 4.69) is 51.6 Å². The van der Waals surface area contributed by atoms with Gasteiger partial charge in [-0.15, -0.1) is 0 Å². The lowest BCUT2D eigenvalue weighted by Gasteiger charge is -2.31. The van der Waals surface area contributed by atoms with Crippen LogP contribution in [-0.4, -0.2) is 39.3 Å². The average Bonchev–Trinajstić information content (AvgIpc) is 3.40. The van der Waals surface area contributed by atoms with Gasteiger partial charge in [0.1, 0.15) is 5.82 Å². The Bertz CT molecular complexity index is 1110. The quantitative estimate of drug-likeness (QED) is 0.494. The van der Waals surface area contributed by atoms with Crippen LogP contribution in [0.1, 0.15) is 35.4 Å². The van der Waals surface area contributed by atoms with E-state index in [0.717, 1.165) is 56.3 Å². The molecule has 4 aromatic rings. The molecule has 0 saturated carbocycles. The topological polar surface area (TPSA) is 36.9 Å². The molecule has 1 N–H and O–H groups in total. The molecule has 0 amide bonds. The molecule has 5 rings (SSSR count). The molecule has 2 aromatic heterocycles. The molecule has 0 radical (unpaired) electrons. The first-order valence-corrected chi connectivity index (χ1v) is 10.8. The third kappa shape index (κ3) is 4.17. The molecule has 0 aliphatic carbocycles. The first-order valence-electron chi connectivity index (χ1n) is 10.8. The smallest absolute Gasteiger partial charge is 0.123 e. The van der Waals surface area contributed by atoms with Crippen molar-refractivity contribution in [3.63, 3.8) is 0 Å². The number of hydrogen-bond acceptors (Lipinski definition) is 2. The number of benzene rings is 2. The van der Waals surface area contributed by atoms with Gasteiger partial charge in [-0.3, -0.25) is 4.68 Å². The Morgan fingerprint density at radius 3 is 2.70 bits per heavy atom. The number of nitrogens with zero attached hydrogens (tertiary/aromatic N) is 3. The highest BCUT2D eigenvalue weighted by Gasteiger charge is 2.23. The zero-order valence-corrected chi connectivity index (χ0v) is 17.1. The third-order valence-corrected chi connectivity index (χ3v) is 6.29. The van der Waals surface area contributed by atoms with Crippen LogP contribution in [0.2, 0.25) is 0 Å². The Kier molecular flexibility index (Phi) is 5.37. The summed E-state index contributed by atoms with van der Waals surface area (Å²) in [6.45, 7) is 4.05. The number of H-pyrrole nitrogens is 1. The summed E-state index contributed by atoms with van der Waals surface area (Å²) in [4.78, 5) is 5.84. The molecule has 0 bridgehead atoms. The zero-order chi connectivity index (χ0) is 20.3. The van der Waals surface area contributed by atoms with Crippen molar-refractivity contribution in [2.24, 2.45) is 0 Å². The van der Waals surface area contributed by atoms with Gasteiger partial charge in [0.2, 0.25) is 0 Å². The summed E-state index contributed by atoms with van der Waals surface area (Å²) in [5.74, 6) is 0.346. The van der Waals surface area contributed by atoms with E-state index >= 15 is 0 Å². The molecule has 1 aliphatic heterocycles. The van der Waals surface area contributed by atoms with Gasteiger partial charge in [0, 0.05) is 29.8 Å². The number of hydrogen-bond donors (Lipinski definition) is 1. The van der Waals surface area contributed by atoms with Crippen LogP contribution in [0.5, 0.6) is 0 Å². The normalized spacial score (nSPS) is 15.8. The van der Waals surface area contributed by atoms with Gasteiger partial charge in [-0.1, -0.05) is 30.3 Å². The molecular formula is C25H27FN4. The van der Waals surface area contributed by atoms with Gasteiger partial charge < -0.3 is 9.88 Å². The maximum atomic E-state index is 13.7. The fraction of sp³-hybridized carbons (Fsp3) is 0.320. The maximum Gasteiger partial charge on any atom is 0.123 e. The van der Waals surface area contributed by atoms with Crippen molar-refractivity contribution < 1.29 is 4.39 Å². The van der Waals surface area contributed by atoms with E-state index in [-0.39, 0.29) is 5.82 Å². The predicted octanol–water partition coefficient (Wildman–Crippen LogP) is 4.97. The lowest BCUT2D eigenvalue weighted by Crippen LogP contribution is -2.34. The van der Waals surface area contributed by atoms with Crippen LogP contribution in [0.15, 0.2) is 67.1 Å². The van der Waals surface area contributed by atoms with Gasteiger partial charge in [0.05, 0.1) is 12.7 Å². The summed E-state index contributed by atoms with van der Waals surface area (Å²) < 4.78 is 15.7. The van der Waals surface area contributed by atoms with E-state index in [0.29, 0.717) is 5.92 Å². The van der Waals surface area contributed by atoms with E-state index in [9.17, 15) is 4.39 Å². The van der Waals surface area contributed by atoms with Crippen molar-refractivity contribution in [2.45, 2.75) is 31.7 Å². The number of halogens is 1. The van der Waals surface area contributed by atoms with Gasteiger partial charge >= 0.3 is 0 Å². The van der Waals surface area contributed by atoms with E-state index in [4.69, 9.17) is 0 Å².